The first-order chi connectivity index (χ1) is 8.08. The topological polar surface area (TPSA) is 35.5 Å². The van der Waals surface area contributed by atoms with Crippen LogP contribution in [0.2, 0.25) is 0 Å². The fraction of sp³-hybridized carbons (Fsp3) is 0.250. The van der Waals surface area contributed by atoms with E-state index in [-0.39, 0.29) is 5.97 Å². The zero-order chi connectivity index (χ0) is 12.8. The molecule has 0 radical (unpaired) electrons. The van der Waals surface area contributed by atoms with Crippen LogP contribution in [0.5, 0.6) is 5.75 Å². The van der Waals surface area contributed by atoms with Gasteiger partial charge in [-0.05, 0) is 41.1 Å². The number of esters is 1. The minimum absolute atomic E-state index is 0.364. The zero-order valence-electron chi connectivity index (χ0n) is 9.50. The van der Waals surface area contributed by atoms with E-state index in [9.17, 15) is 4.79 Å². The van der Waals surface area contributed by atoms with Crippen LogP contribution in [-0.4, -0.2) is 19.7 Å². The first kappa shape index (κ1) is 14.3. The van der Waals surface area contributed by atoms with E-state index in [1.54, 1.807) is 20.1 Å². The summed E-state index contributed by atoms with van der Waals surface area (Å²) in [5.41, 5.74) is 0.793. The van der Waals surface area contributed by atoms with Gasteiger partial charge in [0.05, 0.1) is 18.2 Å². The average molecular weight is 364 g/mol. The van der Waals surface area contributed by atoms with Crippen LogP contribution in [0.4, 0.5) is 0 Å². The molecule has 0 amide bonds. The lowest BCUT2D eigenvalue weighted by atomic mass is 10.2. The second-order valence-electron chi connectivity index (χ2n) is 3.10. The number of ether oxygens (including phenoxy) is 2. The largest absolute Gasteiger partial charge is 0.495 e. The molecule has 17 heavy (non-hydrogen) atoms. The lowest BCUT2D eigenvalue weighted by molar-refractivity contribution is -0.137. The van der Waals surface area contributed by atoms with Crippen molar-refractivity contribution in [3.63, 3.8) is 0 Å². The number of carbonyl (C=O) groups excluding carboxylic acids is 1. The Labute approximate surface area is 117 Å². The molecule has 0 N–H and O–H groups in total. The SMILES string of the molecule is CCOC(=O)C=Cc1cc(Br)cc(Br)c1OC. The monoisotopic (exact) mass is 362 g/mol. The van der Waals surface area contributed by atoms with E-state index < -0.39 is 0 Å². The van der Waals surface area contributed by atoms with Crippen LogP contribution in [0, 0.1) is 0 Å². The molecule has 0 saturated heterocycles. The molecule has 0 atom stereocenters. The van der Waals surface area contributed by atoms with Gasteiger partial charge in [-0.1, -0.05) is 15.9 Å². The van der Waals surface area contributed by atoms with Gasteiger partial charge < -0.3 is 9.47 Å². The van der Waals surface area contributed by atoms with E-state index in [1.807, 2.05) is 12.1 Å². The molecule has 0 bridgehead atoms. The van der Waals surface area contributed by atoms with Crippen LogP contribution in [-0.2, 0) is 9.53 Å². The average Bonchev–Trinajstić information content (AvgIpc) is 2.26. The van der Waals surface area contributed by atoms with Crippen LogP contribution in [0.25, 0.3) is 6.08 Å². The van der Waals surface area contributed by atoms with Crippen molar-refractivity contribution < 1.29 is 14.3 Å². The molecule has 0 heterocycles. The van der Waals surface area contributed by atoms with E-state index >= 15 is 0 Å². The molecule has 0 saturated carbocycles. The molecule has 0 unspecified atom stereocenters. The number of methoxy groups -OCH3 is 1. The molecule has 5 heteroatoms. The normalized spacial score (nSPS) is 10.6. The molecule has 92 valence electrons. The summed E-state index contributed by atoms with van der Waals surface area (Å²) in [6.07, 6.45) is 3.03. The molecule has 0 aromatic heterocycles. The van der Waals surface area contributed by atoms with Crippen molar-refractivity contribution in [3.8, 4) is 5.75 Å². The highest BCUT2D eigenvalue weighted by molar-refractivity contribution is 9.11. The minimum atomic E-state index is -0.370. The van der Waals surface area contributed by atoms with Gasteiger partial charge in [-0.25, -0.2) is 4.79 Å². The number of benzene rings is 1. The van der Waals surface area contributed by atoms with Crippen molar-refractivity contribution >= 4 is 43.9 Å². The van der Waals surface area contributed by atoms with Gasteiger partial charge in [0, 0.05) is 16.1 Å². The molecule has 0 aliphatic heterocycles. The number of halogens is 2. The predicted octanol–water partition coefficient (Wildman–Crippen LogP) is 3.80. The van der Waals surface area contributed by atoms with Gasteiger partial charge in [0.15, 0.2) is 0 Å². The molecule has 1 rings (SSSR count). The summed E-state index contributed by atoms with van der Waals surface area (Å²) in [6.45, 7) is 2.13. The summed E-state index contributed by atoms with van der Waals surface area (Å²) in [6, 6.07) is 3.74. The van der Waals surface area contributed by atoms with Gasteiger partial charge in [-0.3, -0.25) is 0 Å². The van der Waals surface area contributed by atoms with Crippen molar-refractivity contribution in [3.05, 3.63) is 32.7 Å². The Bertz CT molecular complexity index is 442. The third kappa shape index (κ3) is 4.16. The number of rotatable bonds is 4. The number of carbonyl (C=O) groups is 1. The molecule has 1 aromatic rings. The highest BCUT2D eigenvalue weighted by Gasteiger charge is 2.07. The maximum absolute atomic E-state index is 11.2. The van der Waals surface area contributed by atoms with Crippen molar-refractivity contribution in [2.75, 3.05) is 13.7 Å². The minimum Gasteiger partial charge on any atom is -0.495 e. The number of hydrogen-bond donors (Lipinski definition) is 0. The summed E-state index contributed by atoms with van der Waals surface area (Å²) in [5.74, 6) is 0.305. The molecule has 0 fully saturated rings. The van der Waals surface area contributed by atoms with Crippen LogP contribution < -0.4 is 4.74 Å². The summed E-state index contributed by atoms with van der Waals surface area (Å²) in [7, 11) is 1.58. The quantitative estimate of drug-likeness (QED) is 0.603. The lowest BCUT2D eigenvalue weighted by Gasteiger charge is -2.08. The van der Waals surface area contributed by atoms with Gasteiger partial charge >= 0.3 is 5.97 Å². The molecule has 0 aliphatic carbocycles. The molecule has 3 nitrogen and oxygen atoms in total. The van der Waals surface area contributed by atoms with Crippen LogP contribution in [0.3, 0.4) is 0 Å². The van der Waals surface area contributed by atoms with Crippen LogP contribution >= 0.6 is 31.9 Å². The second kappa shape index (κ2) is 6.81. The van der Waals surface area contributed by atoms with Gasteiger partial charge in [0.1, 0.15) is 5.75 Å². The van der Waals surface area contributed by atoms with E-state index in [0.717, 1.165) is 14.5 Å². The van der Waals surface area contributed by atoms with Gasteiger partial charge in [0.25, 0.3) is 0 Å². The Morgan fingerprint density at radius 1 is 1.41 bits per heavy atom. The van der Waals surface area contributed by atoms with Crippen molar-refractivity contribution in [2.24, 2.45) is 0 Å². The van der Waals surface area contributed by atoms with Gasteiger partial charge in [-0.2, -0.15) is 0 Å². The number of hydrogen-bond acceptors (Lipinski definition) is 3. The fourth-order valence-electron chi connectivity index (χ4n) is 1.27. The van der Waals surface area contributed by atoms with Crippen molar-refractivity contribution in [1.82, 2.24) is 0 Å². The lowest BCUT2D eigenvalue weighted by Crippen LogP contribution is -1.99. The Balaban J connectivity index is 3.01. The van der Waals surface area contributed by atoms with Crippen molar-refractivity contribution in [1.29, 1.82) is 0 Å². The maximum Gasteiger partial charge on any atom is 0.330 e. The van der Waals surface area contributed by atoms with Crippen molar-refractivity contribution in [2.45, 2.75) is 6.92 Å². The third-order valence-corrected chi connectivity index (χ3v) is 2.97. The fourth-order valence-corrected chi connectivity index (χ4v) is 2.69. The highest BCUT2D eigenvalue weighted by Crippen LogP contribution is 2.33. The summed E-state index contributed by atoms with van der Waals surface area (Å²) in [4.78, 5) is 11.2. The van der Waals surface area contributed by atoms with Crippen LogP contribution in [0.1, 0.15) is 12.5 Å². The first-order valence-corrected chi connectivity index (χ1v) is 6.55. The predicted molar refractivity (Wildman–Crippen MR) is 74.1 cm³/mol. The molecule has 0 aliphatic rings. The van der Waals surface area contributed by atoms with E-state index in [1.165, 1.54) is 6.08 Å². The standard InChI is InChI=1S/C12H12Br2O3/c1-3-17-11(15)5-4-8-6-9(13)7-10(14)12(8)16-2/h4-7H,3H2,1-2H3. The van der Waals surface area contributed by atoms with E-state index in [4.69, 9.17) is 9.47 Å². The zero-order valence-corrected chi connectivity index (χ0v) is 12.7. The Morgan fingerprint density at radius 2 is 2.12 bits per heavy atom. The summed E-state index contributed by atoms with van der Waals surface area (Å²) < 4.78 is 11.8. The first-order valence-electron chi connectivity index (χ1n) is 4.96. The Hall–Kier alpha value is -0.810. The smallest absolute Gasteiger partial charge is 0.330 e. The molecule has 1 aromatic carbocycles. The van der Waals surface area contributed by atoms with Gasteiger partial charge in [0.2, 0.25) is 0 Å². The van der Waals surface area contributed by atoms with E-state index in [2.05, 4.69) is 31.9 Å². The molecule has 0 spiro atoms. The van der Waals surface area contributed by atoms with E-state index in [0.29, 0.717) is 12.4 Å². The Morgan fingerprint density at radius 3 is 2.71 bits per heavy atom. The Kier molecular flexibility index (Phi) is 5.71. The maximum atomic E-state index is 11.2. The highest BCUT2D eigenvalue weighted by atomic mass is 79.9. The summed E-state index contributed by atoms with van der Waals surface area (Å²) >= 11 is 6.77. The third-order valence-electron chi connectivity index (χ3n) is 1.93. The van der Waals surface area contributed by atoms with Gasteiger partial charge in [-0.15, -0.1) is 0 Å². The second-order valence-corrected chi connectivity index (χ2v) is 4.87. The van der Waals surface area contributed by atoms with Crippen LogP contribution in [0.15, 0.2) is 27.2 Å². The summed E-state index contributed by atoms with van der Waals surface area (Å²) in [5, 5.41) is 0. The molecular weight excluding hydrogens is 352 g/mol. The molecular formula is C12H12Br2O3.